The van der Waals surface area contributed by atoms with Gasteiger partial charge in [-0.25, -0.2) is 0 Å². The number of aliphatic carboxylic acids is 1. The van der Waals surface area contributed by atoms with E-state index >= 15 is 0 Å². The molecule has 0 radical (unpaired) electrons. The van der Waals surface area contributed by atoms with Crippen LogP contribution in [0.3, 0.4) is 0 Å². The fraction of sp³-hybridized carbons (Fsp3) is 0.400. The summed E-state index contributed by atoms with van der Waals surface area (Å²) in [5.41, 5.74) is 0.350. The molecule has 0 unspecified atom stereocenters. The molecule has 6 heteroatoms. The number of nitriles is 1. The Morgan fingerprint density at radius 2 is 1.86 bits per heavy atom. The van der Waals surface area contributed by atoms with Crippen LogP contribution in [0.1, 0.15) is 31.9 Å². The molecule has 0 saturated heterocycles. The molecule has 21 heavy (non-hydrogen) atoms. The molecule has 0 spiro atoms. The first-order valence-electron chi connectivity index (χ1n) is 6.23. The Balaban J connectivity index is 0.00000400. The largest absolute Gasteiger partial charge is 1.00 e. The molecule has 0 atom stereocenters. The van der Waals surface area contributed by atoms with Crippen LogP contribution in [0.15, 0.2) is 24.3 Å². The molecule has 0 aliphatic rings. The summed E-state index contributed by atoms with van der Waals surface area (Å²) in [6.07, 6.45) is 0. The van der Waals surface area contributed by atoms with E-state index < -0.39 is 17.9 Å². The van der Waals surface area contributed by atoms with Crippen LogP contribution in [-0.2, 0) is 16.1 Å². The normalized spacial score (nSPS) is 10.2. The molecule has 0 N–H and O–H groups in total. The molecule has 0 bridgehead atoms. The summed E-state index contributed by atoms with van der Waals surface area (Å²) >= 11 is 0. The van der Waals surface area contributed by atoms with E-state index in [4.69, 9.17) is 5.26 Å². The van der Waals surface area contributed by atoms with Crippen LogP contribution in [0.5, 0.6) is 0 Å². The van der Waals surface area contributed by atoms with Gasteiger partial charge in [0.15, 0.2) is 0 Å². The summed E-state index contributed by atoms with van der Waals surface area (Å²) in [7, 11) is 0. The first-order valence-corrected chi connectivity index (χ1v) is 6.23. The van der Waals surface area contributed by atoms with E-state index in [9.17, 15) is 14.7 Å². The van der Waals surface area contributed by atoms with Crippen LogP contribution in [0, 0.1) is 16.7 Å². The van der Waals surface area contributed by atoms with Gasteiger partial charge in [0.2, 0.25) is 5.91 Å². The summed E-state index contributed by atoms with van der Waals surface area (Å²) < 4.78 is 0. The van der Waals surface area contributed by atoms with Gasteiger partial charge >= 0.3 is 18.9 Å². The Kier molecular flexibility index (Phi) is 7.22. The van der Waals surface area contributed by atoms with E-state index in [0.29, 0.717) is 11.1 Å². The van der Waals surface area contributed by atoms with Crippen molar-refractivity contribution < 1.29 is 33.6 Å². The third kappa shape index (κ3) is 5.63. The maximum atomic E-state index is 12.3. The summed E-state index contributed by atoms with van der Waals surface area (Å²) in [4.78, 5) is 24.3. The second-order valence-corrected chi connectivity index (χ2v) is 5.55. The fourth-order valence-corrected chi connectivity index (χ4v) is 1.80. The minimum absolute atomic E-state index is 0. The minimum atomic E-state index is -1.32. The number of carboxylic acid groups (broad SMARTS) is 1. The first kappa shape index (κ1) is 19.2. The molecular weight excluding hydrogens is 263 g/mol. The van der Waals surface area contributed by atoms with Crippen molar-refractivity contribution in [1.29, 1.82) is 5.26 Å². The molecule has 0 aliphatic heterocycles. The predicted molar refractivity (Wildman–Crippen MR) is 71.0 cm³/mol. The van der Waals surface area contributed by atoms with Crippen molar-refractivity contribution in [3.8, 4) is 6.07 Å². The van der Waals surface area contributed by atoms with Gasteiger partial charge in [-0.3, -0.25) is 4.79 Å². The predicted octanol–water partition coefficient (Wildman–Crippen LogP) is -2.31. The van der Waals surface area contributed by atoms with E-state index in [2.05, 4.69) is 0 Å². The second kappa shape index (κ2) is 7.88. The van der Waals surface area contributed by atoms with Crippen molar-refractivity contribution in [3.63, 3.8) is 0 Å². The van der Waals surface area contributed by atoms with E-state index in [0.717, 1.165) is 0 Å². The van der Waals surface area contributed by atoms with Crippen LogP contribution in [0.25, 0.3) is 0 Å². The summed E-state index contributed by atoms with van der Waals surface area (Å²) in [5, 5.41) is 19.8. The van der Waals surface area contributed by atoms with E-state index in [1.54, 1.807) is 45.0 Å². The molecule has 0 fully saturated rings. The quantitative estimate of drug-likeness (QED) is 0.580. The Bertz CT molecular complexity index is 559. The number of hydrogen-bond acceptors (Lipinski definition) is 4. The maximum Gasteiger partial charge on any atom is 1.00 e. The van der Waals surface area contributed by atoms with Crippen molar-refractivity contribution in [3.05, 3.63) is 35.4 Å². The zero-order chi connectivity index (χ0) is 15.3. The van der Waals surface area contributed by atoms with Gasteiger partial charge in [0.25, 0.3) is 0 Å². The molecule has 5 nitrogen and oxygen atoms in total. The van der Waals surface area contributed by atoms with Crippen molar-refractivity contribution in [2.45, 2.75) is 27.3 Å². The van der Waals surface area contributed by atoms with Crippen LogP contribution in [-0.4, -0.2) is 23.3 Å². The Labute approximate surface area is 136 Å². The van der Waals surface area contributed by atoms with Gasteiger partial charge < -0.3 is 14.8 Å². The first-order chi connectivity index (χ1) is 9.25. The SMILES string of the molecule is CC(C)(C)C(=O)N(CC(=O)[O-])Cc1ccccc1C#N.[Li+]. The number of carbonyl (C=O) groups excluding carboxylic acids is 2. The van der Waals surface area contributed by atoms with Crippen LogP contribution < -0.4 is 24.0 Å². The average molecular weight is 280 g/mol. The summed E-state index contributed by atoms with van der Waals surface area (Å²) in [5.74, 6) is -1.62. The van der Waals surface area contributed by atoms with Gasteiger partial charge in [0, 0.05) is 12.0 Å². The third-order valence-corrected chi connectivity index (χ3v) is 2.75. The smallest absolute Gasteiger partial charge is 0.548 e. The van der Waals surface area contributed by atoms with E-state index in [-0.39, 0.29) is 31.3 Å². The summed E-state index contributed by atoms with van der Waals surface area (Å²) in [6.45, 7) is 4.74. The van der Waals surface area contributed by atoms with Crippen molar-refractivity contribution in [1.82, 2.24) is 4.90 Å². The summed E-state index contributed by atoms with van der Waals surface area (Å²) in [6, 6.07) is 8.83. The van der Waals surface area contributed by atoms with Gasteiger partial charge in [-0.2, -0.15) is 5.26 Å². The average Bonchev–Trinajstić information content (AvgIpc) is 2.36. The van der Waals surface area contributed by atoms with Crippen LogP contribution >= 0.6 is 0 Å². The van der Waals surface area contributed by atoms with Crippen LogP contribution in [0.2, 0.25) is 0 Å². The Morgan fingerprint density at radius 3 is 2.33 bits per heavy atom. The molecule has 0 aromatic heterocycles. The second-order valence-electron chi connectivity index (χ2n) is 5.55. The zero-order valence-corrected chi connectivity index (χ0v) is 12.8. The van der Waals surface area contributed by atoms with E-state index in [1.165, 1.54) is 4.90 Å². The fourth-order valence-electron chi connectivity index (χ4n) is 1.80. The number of hydrogen-bond donors (Lipinski definition) is 0. The van der Waals surface area contributed by atoms with E-state index in [1.807, 2.05) is 6.07 Å². The molecule has 0 heterocycles. The minimum Gasteiger partial charge on any atom is -0.548 e. The number of carboxylic acids is 1. The molecule has 1 rings (SSSR count). The molecule has 0 aliphatic carbocycles. The van der Waals surface area contributed by atoms with Crippen LogP contribution in [0.4, 0.5) is 0 Å². The number of nitrogens with zero attached hydrogens (tertiary/aromatic N) is 2. The van der Waals surface area contributed by atoms with Gasteiger partial charge in [-0.15, -0.1) is 0 Å². The number of carbonyl (C=O) groups is 2. The Hall–Kier alpha value is -1.75. The van der Waals surface area contributed by atoms with Gasteiger partial charge in [-0.05, 0) is 11.6 Å². The van der Waals surface area contributed by atoms with Gasteiger partial charge in [0.05, 0.1) is 24.1 Å². The number of benzene rings is 1. The molecule has 0 saturated carbocycles. The van der Waals surface area contributed by atoms with Crippen molar-refractivity contribution in [2.75, 3.05) is 6.54 Å². The molecule has 1 amide bonds. The monoisotopic (exact) mass is 280 g/mol. The topological polar surface area (TPSA) is 84.2 Å². The van der Waals surface area contributed by atoms with Crippen molar-refractivity contribution >= 4 is 11.9 Å². The van der Waals surface area contributed by atoms with Gasteiger partial charge in [-0.1, -0.05) is 39.0 Å². The molecular formula is C15H17LiN2O3. The number of rotatable bonds is 4. The third-order valence-electron chi connectivity index (χ3n) is 2.75. The van der Waals surface area contributed by atoms with Gasteiger partial charge in [0.1, 0.15) is 0 Å². The maximum absolute atomic E-state index is 12.3. The zero-order valence-electron chi connectivity index (χ0n) is 12.8. The Morgan fingerprint density at radius 1 is 1.29 bits per heavy atom. The molecule has 1 aromatic rings. The molecule has 1 aromatic carbocycles. The molecule has 106 valence electrons. The van der Waals surface area contributed by atoms with Crippen molar-refractivity contribution in [2.24, 2.45) is 5.41 Å². The standard InChI is InChI=1S/C15H18N2O3.Li/c1-15(2,3)14(20)17(10-13(18)19)9-12-7-5-4-6-11(12)8-16;/h4-7H,9-10H2,1-3H3,(H,18,19);/q;+1/p-1. The number of amides is 1.